The zero-order chi connectivity index (χ0) is 29.4. The van der Waals surface area contributed by atoms with Crippen molar-refractivity contribution in [1.82, 2.24) is 14.8 Å². The van der Waals surface area contributed by atoms with Gasteiger partial charge in [-0.05, 0) is 69.2 Å². The molecule has 1 atom stereocenters. The van der Waals surface area contributed by atoms with Gasteiger partial charge in [0.1, 0.15) is 0 Å². The standard InChI is InChI=1S/C26H29FN2O3.C6H13N3/c1-3-31-26(30)21-16-28-29(17-21)22-12-7-11-20(15-22)23-13-8-14-24(25(23)27)32-18(2)19-9-5-4-6-10-19;1-9(8)4-6(7)5-2-3-5/h7-8,11-19H,3-6,9-10H2,1-2H3;4-5H,2-3,7-8H2,1H3/b;6-4-. The molecule has 0 spiro atoms. The van der Waals surface area contributed by atoms with Crippen molar-refractivity contribution in [1.29, 1.82) is 0 Å². The van der Waals surface area contributed by atoms with Crippen molar-refractivity contribution in [3.63, 3.8) is 0 Å². The van der Waals surface area contributed by atoms with E-state index >= 15 is 4.39 Å². The molecule has 220 valence electrons. The molecule has 5 rings (SSSR count). The first-order valence-electron chi connectivity index (χ1n) is 14.5. The molecule has 3 aromatic rings. The van der Waals surface area contributed by atoms with Gasteiger partial charge in [0.2, 0.25) is 0 Å². The summed E-state index contributed by atoms with van der Waals surface area (Å²) < 4.78 is 28.1. The predicted molar refractivity (Wildman–Crippen MR) is 159 cm³/mol. The largest absolute Gasteiger partial charge is 0.487 e. The first kappa shape index (κ1) is 30.1. The maximum Gasteiger partial charge on any atom is 0.341 e. The Balaban J connectivity index is 0.000000367. The van der Waals surface area contributed by atoms with Crippen molar-refractivity contribution in [3.8, 4) is 22.6 Å². The molecular formula is C32H42FN5O3. The Kier molecular flexibility index (Phi) is 10.4. The van der Waals surface area contributed by atoms with Crippen LogP contribution in [0.3, 0.4) is 0 Å². The molecule has 2 saturated carbocycles. The Morgan fingerprint density at radius 1 is 1.17 bits per heavy atom. The summed E-state index contributed by atoms with van der Waals surface area (Å²) >= 11 is 0. The van der Waals surface area contributed by atoms with Gasteiger partial charge in [-0.2, -0.15) is 5.10 Å². The van der Waals surface area contributed by atoms with Crippen molar-refractivity contribution in [2.75, 3.05) is 13.7 Å². The van der Waals surface area contributed by atoms with Gasteiger partial charge in [-0.15, -0.1) is 0 Å². The Bertz CT molecular complexity index is 1330. The molecule has 2 aliphatic rings. The van der Waals surface area contributed by atoms with Crippen molar-refractivity contribution in [2.45, 2.75) is 64.9 Å². The fraction of sp³-hybridized carbons (Fsp3) is 0.438. The number of halogens is 1. The number of nitrogens with zero attached hydrogens (tertiary/aromatic N) is 3. The summed E-state index contributed by atoms with van der Waals surface area (Å²) in [6.45, 7) is 4.10. The molecule has 0 aliphatic heterocycles. The molecule has 2 aromatic carbocycles. The Morgan fingerprint density at radius 3 is 2.59 bits per heavy atom. The molecular weight excluding hydrogens is 521 g/mol. The van der Waals surface area contributed by atoms with Gasteiger partial charge < -0.3 is 20.2 Å². The molecule has 1 aromatic heterocycles. The summed E-state index contributed by atoms with van der Waals surface area (Å²) in [5.41, 5.74) is 8.81. The van der Waals surface area contributed by atoms with Crippen LogP contribution in [0.1, 0.15) is 69.2 Å². The van der Waals surface area contributed by atoms with E-state index in [1.54, 1.807) is 43.2 Å². The molecule has 41 heavy (non-hydrogen) atoms. The molecule has 1 unspecified atom stereocenters. The van der Waals surface area contributed by atoms with E-state index in [4.69, 9.17) is 21.1 Å². The first-order valence-corrected chi connectivity index (χ1v) is 14.5. The highest BCUT2D eigenvalue weighted by atomic mass is 19.1. The lowest BCUT2D eigenvalue weighted by Crippen LogP contribution is -2.26. The van der Waals surface area contributed by atoms with E-state index in [2.05, 4.69) is 5.10 Å². The number of ether oxygens (including phenoxy) is 2. The Hall–Kier alpha value is -3.85. The monoisotopic (exact) mass is 563 g/mol. The summed E-state index contributed by atoms with van der Waals surface area (Å²) in [4.78, 5) is 11.9. The molecule has 0 bridgehead atoms. The molecule has 0 saturated heterocycles. The van der Waals surface area contributed by atoms with E-state index in [0.717, 1.165) is 24.2 Å². The summed E-state index contributed by atoms with van der Waals surface area (Å²) in [5, 5.41) is 5.75. The predicted octanol–water partition coefficient (Wildman–Crippen LogP) is 6.20. The number of allylic oxidation sites excluding steroid dienone is 1. The minimum absolute atomic E-state index is 0.0169. The van der Waals surface area contributed by atoms with E-state index < -0.39 is 5.97 Å². The molecule has 0 amide bonds. The lowest BCUT2D eigenvalue weighted by atomic mass is 9.86. The zero-order valence-corrected chi connectivity index (χ0v) is 24.3. The van der Waals surface area contributed by atoms with Gasteiger partial charge in [0, 0.05) is 36.6 Å². The Morgan fingerprint density at radius 2 is 1.90 bits per heavy atom. The number of carbonyl (C=O) groups is 1. The van der Waals surface area contributed by atoms with Crippen LogP contribution >= 0.6 is 0 Å². The summed E-state index contributed by atoms with van der Waals surface area (Å²) in [5.74, 6) is 5.94. The molecule has 2 fully saturated rings. The van der Waals surface area contributed by atoms with E-state index in [-0.39, 0.29) is 17.7 Å². The fourth-order valence-corrected chi connectivity index (χ4v) is 5.08. The number of rotatable bonds is 9. The number of hydrazine groups is 1. The van der Waals surface area contributed by atoms with Crippen molar-refractivity contribution in [2.24, 2.45) is 23.4 Å². The number of hydrogen-bond donors (Lipinski definition) is 2. The molecule has 0 radical (unpaired) electrons. The highest BCUT2D eigenvalue weighted by Crippen LogP contribution is 2.34. The number of carbonyl (C=O) groups excluding carboxylic acids is 1. The third-order valence-corrected chi connectivity index (χ3v) is 7.51. The minimum Gasteiger partial charge on any atom is -0.487 e. The normalized spacial score (nSPS) is 16.4. The second-order valence-electron chi connectivity index (χ2n) is 10.9. The van der Waals surface area contributed by atoms with Crippen molar-refractivity contribution >= 4 is 5.97 Å². The topological polar surface area (TPSA) is 109 Å². The van der Waals surface area contributed by atoms with Crippen molar-refractivity contribution in [3.05, 3.63) is 78.1 Å². The van der Waals surface area contributed by atoms with Gasteiger partial charge in [-0.1, -0.05) is 43.5 Å². The second kappa shape index (κ2) is 14.2. The summed E-state index contributed by atoms with van der Waals surface area (Å²) in [7, 11) is 1.77. The summed E-state index contributed by atoms with van der Waals surface area (Å²) in [6, 6.07) is 12.7. The average molecular weight is 564 g/mol. The molecule has 8 nitrogen and oxygen atoms in total. The first-order chi connectivity index (χ1) is 19.8. The number of benzene rings is 2. The maximum absolute atomic E-state index is 15.4. The molecule has 9 heteroatoms. The SMILES string of the molecule is CCOC(=O)c1cnn(-c2cccc(-c3cccc(OC(C)C4CCCCC4)c3F)c2)c1.CN(N)/C=C(\N)C1CC1. The smallest absolute Gasteiger partial charge is 0.341 e. The van der Waals surface area contributed by atoms with Gasteiger partial charge in [0.05, 0.1) is 30.2 Å². The second-order valence-corrected chi connectivity index (χ2v) is 10.9. The van der Waals surface area contributed by atoms with Gasteiger partial charge >= 0.3 is 5.97 Å². The molecule has 2 aliphatic carbocycles. The Labute approximate surface area is 242 Å². The minimum atomic E-state index is -0.419. The fourth-order valence-electron chi connectivity index (χ4n) is 5.08. The van der Waals surface area contributed by atoms with Crippen LogP contribution < -0.4 is 16.3 Å². The molecule has 1 heterocycles. The quantitative estimate of drug-likeness (QED) is 0.181. The van der Waals surface area contributed by atoms with Gasteiger partial charge in [-0.25, -0.2) is 19.7 Å². The van der Waals surface area contributed by atoms with Crippen LogP contribution in [0.15, 0.2) is 66.8 Å². The van der Waals surface area contributed by atoms with Crippen LogP contribution in [0.4, 0.5) is 4.39 Å². The van der Waals surface area contributed by atoms with Gasteiger partial charge in [-0.3, -0.25) is 0 Å². The van der Waals surface area contributed by atoms with Crippen molar-refractivity contribution < 1.29 is 18.7 Å². The number of nitrogens with two attached hydrogens (primary N) is 2. The summed E-state index contributed by atoms with van der Waals surface area (Å²) in [6.07, 6.45) is 13.3. The van der Waals surface area contributed by atoms with E-state index in [1.807, 2.05) is 37.3 Å². The number of aromatic nitrogens is 2. The van der Waals surface area contributed by atoms with Crippen LogP contribution in [0.5, 0.6) is 5.75 Å². The van der Waals surface area contributed by atoms with Crippen LogP contribution in [0.2, 0.25) is 0 Å². The highest BCUT2D eigenvalue weighted by molar-refractivity contribution is 5.88. The number of esters is 1. The molecule has 4 N–H and O–H groups in total. The van der Waals surface area contributed by atoms with Crippen LogP contribution in [0, 0.1) is 17.7 Å². The third-order valence-electron chi connectivity index (χ3n) is 7.51. The lowest BCUT2D eigenvalue weighted by Gasteiger charge is -2.28. The average Bonchev–Trinajstić information content (AvgIpc) is 3.71. The lowest BCUT2D eigenvalue weighted by molar-refractivity contribution is 0.0526. The van der Waals surface area contributed by atoms with Gasteiger partial charge in [0.25, 0.3) is 0 Å². The zero-order valence-electron chi connectivity index (χ0n) is 24.3. The van der Waals surface area contributed by atoms with Crippen LogP contribution in [-0.2, 0) is 4.74 Å². The van der Waals surface area contributed by atoms with Gasteiger partial charge in [0.15, 0.2) is 11.6 Å². The maximum atomic E-state index is 15.4. The number of hydrogen-bond acceptors (Lipinski definition) is 7. The highest BCUT2D eigenvalue weighted by Gasteiger charge is 2.24. The van der Waals surface area contributed by atoms with E-state index in [9.17, 15) is 4.79 Å². The van der Waals surface area contributed by atoms with E-state index in [0.29, 0.717) is 35.1 Å². The van der Waals surface area contributed by atoms with Crippen LogP contribution in [-0.4, -0.2) is 40.5 Å². The van der Waals surface area contributed by atoms with Crippen LogP contribution in [0.25, 0.3) is 16.8 Å². The third kappa shape index (κ3) is 8.33. The van der Waals surface area contributed by atoms with E-state index in [1.165, 1.54) is 43.3 Å².